The fourth-order valence-electron chi connectivity index (χ4n) is 9.76. The van der Waals surface area contributed by atoms with Crippen LogP contribution in [0.1, 0.15) is 102 Å². The Labute approximate surface area is 412 Å². The van der Waals surface area contributed by atoms with Crippen LogP contribution in [0, 0.1) is 23.2 Å². The van der Waals surface area contributed by atoms with Gasteiger partial charge in [-0.1, -0.05) is 95.7 Å². The molecule has 5 amide bonds. The predicted octanol–water partition coefficient (Wildman–Crippen LogP) is 7.06. The number of unbranched alkanes of at least 4 members (excludes halogenated alkanes) is 2. The second kappa shape index (κ2) is 22.3. The Bertz CT molecular complexity index is 2980. The first-order chi connectivity index (χ1) is 34.6. The first-order valence-corrected chi connectivity index (χ1v) is 24.5. The molecule has 1 saturated carbocycles. The Morgan fingerprint density at radius 3 is 2.37 bits per heavy atom. The van der Waals surface area contributed by atoms with Crippen molar-refractivity contribution in [2.24, 2.45) is 10.9 Å². The van der Waals surface area contributed by atoms with Gasteiger partial charge in [0.15, 0.2) is 0 Å². The van der Waals surface area contributed by atoms with Gasteiger partial charge in [-0.05, 0) is 85.9 Å². The number of fused-ring (bicyclic) bond motifs is 2. The smallest absolute Gasteiger partial charge is 0.271 e. The molecule has 4 aliphatic rings. The molecule has 1 atom stereocenters. The zero-order chi connectivity index (χ0) is 49.3. The fraction of sp³-hybridized carbons (Fsp3) is 0.321. The van der Waals surface area contributed by atoms with Crippen molar-refractivity contribution < 1.29 is 38.4 Å². The number of amides is 5. The van der Waals surface area contributed by atoms with E-state index in [0.29, 0.717) is 57.0 Å². The Morgan fingerprint density at radius 1 is 0.845 bits per heavy atom. The molecule has 5 aromatic rings. The molecule has 362 valence electrons. The van der Waals surface area contributed by atoms with E-state index in [2.05, 4.69) is 75.0 Å². The van der Waals surface area contributed by atoms with Crippen LogP contribution in [0.2, 0.25) is 0 Å². The molecule has 4 aromatic carbocycles. The van der Waals surface area contributed by atoms with Crippen molar-refractivity contribution in [1.82, 2.24) is 20.1 Å². The van der Waals surface area contributed by atoms with Crippen molar-refractivity contribution >= 4 is 59.4 Å². The van der Waals surface area contributed by atoms with Crippen molar-refractivity contribution in [2.45, 2.75) is 82.9 Å². The summed E-state index contributed by atoms with van der Waals surface area (Å²) >= 11 is 0. The van der Waals surface area contributed by atoms with E-state index in [1.54, 1.807) is 24.5 Å². The molecule has 15 heteroatoms. The molecule has 71 heavy (non-hydrogen) atoms. The summed E-state index contributed by atoms with van der Waals surface area (Å²) in [6, 6.07) is 32.6. The molecule has 3 aliphatic heterocycles. The molecule has 9 rings (SSSR count). The lowest BCUT2D eigenvalue weighted by Crippen LogP contribution is -2.54. The molecule has 2 fully saturated rings. The zero-order valence-electron chi connectivity index (χ0n) is 39.5. The number of aromatic nitrogens is 1. The summed E-state index contributed by atoms with van der Waals surface area (Å²) in [5.74, 6) is 5.69. The van der Waals surface area contributed by atoms with E-state index in [0.717, 1.165) is 81.9 Å². The number of amidine groups is 1. The second-order valence-corrected chi connectivity index (χ2v) is 18.2. The van der Waals surface area contributed by atoms with Crippen molar-refractivity contribution in [3.05, 3.63) is 131 Å². The largest absolute Gasteiger partial charge is 0.393 e. The number of benzene rings is 4. The number of nitrogens with zero attached hydrogens (tertiary/aromatic N) is 4. The first kappa shape index (κ1) is 48.2. The Kier molecular flexibility index (Phi) is 15.2. The lowest BCUT2D eigenvalue weighted by Gasteiger charge is -2.27. The molecule has 0 radical (unpaired) electrons. The van der Waals surface area contributed by atoms with E-state index in [1.165, 1.54) is 0 Å². The number of imide groups is 2. The lowest BCUT2D eigenvalue weighted by molar-refractivity contribution is -0.256. The van der Waals surface area contributed by atoms with Gasteiger partial charge in [-0.15, -0.1) is 0 Å². The van der Waals surface area contributed by atoms with Gasteiger partial charge in [0, 0.05) is 55.1 Å². The Hall–Kier alpha value is -7.80. The van der Waals surface area contributed by atoms with E-state index in [1.807, 2.05) is 53.1 Å². The van der Waals surface area contributed by atoms with Crippen LogP contribution in [-0.4, -0.2) is 106 Å². The first-order valence-electron chi connectivity index (χ1n) is 24.5. The topological polar surface area (TPSA) is 198 Å². The highest BCUT2D eigenvalue weighted by Crippen LogP contribution is 2.45. The number of aliphatic hydroxyl groups excluding tert-OH is 1. The number of hydrogen-bond acceptors (Lipinski definition) is 10. The van der Waals surface area contributed by atoms with Crippen LogP contribution in [0.4, 0.5) is 11.5 Å². The quantitative estimate of drug-likeness (QED) is 0.0283. The SMILES string of the molecule is N=C1c2c(-c3ccccc3)c(-c3ccccc3)n(Cc3cccc(C#CCCCCC(=O)NCCOCCNc4cccc5c4C(=O)N(C4CCC(=O)NC4=O)C5=O)c3)c2N=C[N+]1=CC1CCC(O)CC1. The number of anilines is 1. The van der Waals surface area contributed by atoms with Crippen molar-refractivity contribution in [3.63, 3.8) is 0 Å². The summed E-state index contributed by atoms with van der Waals surface area (Å²) in [4.78, 5) is 69.0. The lowest BCUT2D eigenvalue weighted by atomic mass is 9.88. The number of aliphatic hydroxyl groups is 1. The number of hydrogen-bond donors (Lipinski definition) is 5. The van der Waals surface area contributed by atoms with Gasteiger partial charge in [-0.25, -0.2) is 4.58 Å². The summed E-state index contributed by atoms with van der Waals surface area (Å²) < 4.78 is 9.77. The van der Waals surface area contributed by atoms with Crippen molar-refractivity contribution in [3.8, 4) is 34.2 Å². The van der Waals surface area contributed by atoms with Crippen LogP contribution in [0.15, 0.2) is 108 Å². The molecule has 1 saturated heterocycles. The predicted molar refractivity (Wildman–Crippen MR) is 271 cm³/mol. The van der Waals surface area contributed by atoms with Gasteiger partial charge in [0.1, 0.15) is 11.6 Å². The maximum Gasteiger partial charge on any atom is 0.271 e. The molecule has 0 bridgehead atoms. The van der Waals surface area contributed by atoms with E-state index < -0.39 is 29.7 Å². The van der Waals surface area contributed by atoms with Gasteiger partial charge < -0.3 is 25.0 Å². The number of carbonyl (C=O) groups excluding carboxylic acids is 5. The average Bonchev–Trinajstić information content (AvgIpc) is 3.84. The van der Waals surface area contributed by atoms with Crippen LogP contribution in [0.3, 0.4) is 0 Å². The summed E-state index contributed by atoms with van der Waals surface area (Å²) in [6.45, 7) is 1.76. The average molecular weight is 954 g/mol. The molecule has 1 aromatic heterocycles. The maximum atomic E-state index is 13.3. The minimum Gasteiger partial charge on any atom is -0.393 e. The number of aliphatic imine (C=N–C) groups is 1. The third kappa shape index (κ3) is 11.0. The molecule has 15 nitrogen and oxygen atoms in total. The van der Waals surface area contributed by atoms with Gasteiger partial charge in [0.2, 0.25) is 29.9 Å². The highest BCUT2D eigenvalue weighted by Gasteiger charge is 2.45. The van der Waals surface area contributed by atoms with E-state index in [9.17, 15) is 34.5 Å². The van der Waals surface area contributed by atoms with Gasteiger partial charge in [-0.2, -0.15) is 5.41 Å². The molecule has 0 spiro atoms. The molecule has 4 heterocycles. The third-order valence-electron chi connectivity index (χ3n) is 13.3. The van der Waals surface area contributed by atoms with Crippen LogP contribution >= 0.6 is 0 Å². The summed E-state index contributed by atoms with van der Waals surface area (Å²) in [6.07, 6.45) is 9.48. The summed E-state index contributed by atoms with van der Waals surface area (Å²) in [5, 5.41) is 28.0. The molecule has 5 N–H and O–H groups in total. The fourth-order valence-corrected chi connectivity index (χ4v) is 9.76. The van der Waals surface area contributed by atoms with Gasteiger partial charge in [0.05, 0.1) is 48.9 Å². The van der Waals surface area contributed by atoms with Gasteiger partial charge in [0.25, 0.3) is 17.6 Å². The molecule has 1 unspecified atom stereocenters. The maximum absolute atomic E-state index is 13.3. The number of carbonyl (C=O) groups is 5. The highest BCUT2D eigenvalue weighted by molar-refractivity contribution is 6.25. The summed E-state index contributed by atoms with van der Waals surface area (Å²) in [7, 11) is 0. The zero-order valence-corrected chi connectivity index (χ0v) is 39.5. The van der Waals surface area contributed by atoms with Crippen molar-refractivity contribution in [2.75, 3.05) is 31.6 Å². The molecular weight excluding hydrogens is 897 g/mol. The van der Waals surface area contributed by atoms with Crippen LogP contribution in [-0.2, 0) is 25.7 Å². The van der Waals surface area contributed by atoms with Crippen molar-refractivity contribution in [1.29, 1.82) is 5.41 Å². The Balaban J connectivity index is 0.755. The number of rotatable bonds is 17. The number of piperidine rings is 1. The molecule has 1 aliphatic carbocycles. The Morgan fingerprint density at radius 2 is 1.59 bits per heavy atom. The van der Waals surface area contributed by atoms with E-state index >= 15 is 0 Å². The minimum absolute atomic E-state index is 0.0488. The van der Waals surface area contributed by atoms with Crippen LogP contribution in [0.25, 0.3) is 22.4 Å². The van der Waals surface area contributed by atoms with E-state index in [4.69, 9.17) is 9.73 Å². The number of ether oxygens (including phenoxy) is 1. The summed E-state index contributed by atoms with van der Waals surface area (Å²) in [5.41, 5.74) is 7.55. The van der Waals surface area contributed by atoms with Crippen LogP contribution in [0.5, 0.6) is 0 Å². The standard InChI is InChI=1S/C56H56N8O7/c57-52-50-48(40-16-6-3-7-17-40)51(41-18-8-4-9-19-41)63(53(50)60-36-62(52)34-38-23-25-42(65)26-24-38)35-39-15-11-14-37(33-39)13-5-1-2-10-22-46(66)59-30-32-71-31-29-58-44-21-12-20-43-49(44)56(70)64(55(43)69)45-27-28-47(67)61-54(45)68/h3-4,6-9,11-12,14-21,33-34,36,38,42,45,57,65H,1-2,10,22-32,35H2,(H2-,58,59,61,66,67,68,70)/p+1. The van der Waals surface area contributed by atoms with Crippen LogP contribution < -0.4 is 16.0 Å². The minimum atomic E-state index is -1.04. The van der Waals surface area contributed by atoms with E-state index in [-0.39, 0.29) is 48.5 Å². The van der Waals surface area contributed by atoms with Gasteiger partial charge in [-0.3, -0.25) is 34.2 Å². The normalized spacial score (nSPS) is 19.0. The second-order valence-electron chi connectivity index (χ2n) is 18.2. The monoisotopic (exact) mass is 953 g/mol. The molecular formula is C56H57N8O7+. The number of nitrogens with one attached hydrogen (secondary N) is 4. The highest BCUT2D eigenvalue weighted by atomic mass is 16.5. The van der Waals surface area contributed by atoms with Gasteiger partial charge >= 0.3 is 0 Å². The third-order valence-corrected chi connectivity index (χ3v) is 13.3.